The van der Waals surface area contributed by atoms with Crippen molar-refractivity contribution in [3.05, 3.63) is 65.0 Å². The summed E-state index contributed by atoms with van der Waals surface area (Å²) in [5, 5.41) is 15.3. The number of anilines is 1. The van der Waals surface area contributed by atoms with Gasteiger partial charge in [-0.25, -0.2) is 4.98 Å². The highest BCUT2D eigenvalue weighted by Crippen LogP contribution is 2.51. The maximum Gasteiger partial charge on any atom is 0.274 e. The fraction of sp³-hybridized carbons (Fsp3) is 0.533. The number of hydrogen-bond acceptors (Lipinski definition) is 6. The Morgan fingerprint density at radius 1 is 1.18 bits per heavy atom. The van der Waals surface area contributed by atoms with Crippen molar-refractivity contribution in [2.24, 2.45) is 18.4 Å². The van der Waals surface area contributed by atoms with Crippen LogP contribution in [0.15, 0.2) is 36.7 Å². The van der Waals surface area contributed by atoms with Crippen LogP contribution in [0.3, 0.4) is 0 Å². The molecule has 1 amide bonds. The fourth-order valence-electron chi connectivity index (χ4n) is 6.15. The number of fused-ring (bicyclic) bond motifs is 1. The molecule has 3 heterocycles. The summed E-state index contributed by atoms with van der Waals surface area (Å²) in [5.74, 6) is 2.20. The molecule has 2 aromatic heterocycles. The molecule has 0 atom stereocenters. The third-order valence-corrected chi connectivity index (χ3v) is 8.68. The van der Waals surface area contributed by atoms with E-state index in [0.29, 0.717) is 30.2 Å². The summed E-state index contributed by atoms with van der Waals surface area (Å²) in [7, 11) is 1.99. The molecule has 1 aliphatic heterocycles. The number of benzene rings is 1. The first-order valence-electron chi connectivity index (χ1n) is 13.7. The van der Waals surface area contributed by atoms with Crippen LogP contribution >= 0.6 is 0 Å². The van der Waals surface area contributed by atoms with Crippen molar-refractivity contribution in [1.29, 1.82) is 0 Å². The minimum Gasteiger partial charge on any atom is -0.490 e. The zero-order chi connectivity index (χ0) is 26.7. The van der Waals surface area contributed by atoms with Gasteiger partial charge >= 0.3 is 0 Å². The minimum atomic E-state index is -0.244. The van der Waals surface area contributed by atoms with Gasteiger partial charge in [0.05, 0.1) is 17.7 Å². The molecule has 0 bridgehead atoms. The molecular formula is C30H38N6O2. The number of carbonyl (C=O) groups is 1. The summed E-state index contributed by atoms with van der Waals surface area (Å²) in [4.78, 5) is 18.3. The molecule has 0 unspecified atom stereocenters. The van der Waals surface area contributed by atoms with Gasteiger partial charge in [0.25, 0.3) is 5.91 Å². The molecule has 2 fully saturated rings. The lowest BCUT2D eigenvalue weighted by Crippen LogP contribution is -2.43. The number of hydrogen-bond donors (Lipinski definition) is 2. The largest absolute Gasteiger partial charge is 0.490 e. The first kappa shape index (κ1) is 25.0. The topological polar surface area (TPSA) is 94.0 Å². The van der Waals surface area contributed by atoms with Crippen LogP contribution in [-0.2, 0) is 24.4 Å². The Morgan fingerprint density at radius 2 is 1.97 bits per heavy atom. The van der Waals surface area contributed by atoms with Crippen molar-refractivity contribution in [3.8, 4) is 5.75 Å². The van der Waals surface area contributed by atoms with Crippen molar-refractivity contribution in [3.63, 3.8) is 0 Å². The highest BCUT2D eigenvalue weighted by molar-refractivity contribution is 6.03. The zero-order valence-corrected chi connectivity index (χ0v) is 23.1. The number of ether oxygens (including phenoxy) is 1. The molecular weight excluding hydrogens is 476 g/mol. The second-order valence-electron chi connectivity index (χ2n) is 12.8. The Morgan fingerprint density at radius 3 is 2.66 bits per heavy atom. The SMILES string of the molecule is CC1CC(c2cccc(NC(=O)c3cc(CNCC4(C)CC4)c4c(n3)C(C)(C)CO4)c2)(c2nncn2C)C1. The van der Waals surface area contributed by atoms with Gasteiger partial charge in [-0.1, -0.05) is 39.8 Å². The summed E-state index contributed by atoms with van der Waals surface area (Å²) in [6.45, 7) is 11.0. The van der Waals surface area contributed by atoms with Crippen molar-refractivity contribution < 1.29 is 9.53 Å². The number of nitrogens with zero attached hydrogens (tertiary/aromatic N) is 4. The number of pyridine rings is 1. The number of aryl methyl sites for hydroxylation is 1. The number of amides is 1. The average molecular weight is 515 g/mol. The van der Waals surface area contributed by atoms with Gasteiger partial charge in [0, 0.05) is 36.8 Å². The molecule has 200 valence electrons. The first-order valence-corrected chi connectivity index (χ1v) is 13.7. The first-order chi connectivity index (χ1) is 18.1. The lowest BCUT2D eigenvalue weighted by molar-refractivity contribution is 0.102. The lowest BCUT2D eigenvalue weighted by Gasteiger charge is -2.46. The summed E-state index contributed by atoms with van der Waals surface area (Å²) < 4.78 is 8.08. The van der Waals surface area contributed by atoms with E-state index in [2.05, 4.69) is 60.7 Å². The van der Waals surface area contributed by atoms with E-state index in [4.69, 9.17) is 9.72 Å². The zero-order valence-electron chi connectivity index (χ0n) is 23.1. The second-order valence-corrected chi connectivity index (χ2v) is 12.8. The van der Waals surface area contributed by atoms with Gasteiger partial charge in [0.1, 0.15) is 23.6 Å². The Balaban J connectivity index is 1.26. The number of aromatic nitrogens is 4. The van der Waals surface area contributed by atoms with Crippen LogP contribution in [0.2, 0.25) is 0 Å². The second kappa shape index (κ2) is 8.90. The van der Waals surface area contributed by atoms with Crippen molar-refractivity contribution in [2.45, 2.75) is 70.8 Å². The van der Waals surface area contributed by atoms with Crippen LogP contribution in [0.4, 0.5) is 5.69 Å². The molecule has 6 rings (SSSR count). The fourth-order valence-corrected chi connectivity index (χ4v) is 6.15. The molecule has 0 saturated heterocycles. The van der Waals surface area contributed by atoms with Gasteiger partial charge in [0.15, 0.2) is 0 Å². The molecule has 8 heteroatoms. The Hall–Kier alpha value is -3.26. The molecule has 2 N–H and O–H groups in total. The van der Waals surface area contributed by atoms with Crippen molar-refractivity contribution in [2.75, 3.05) is 18.5 Å². The van der Waals surface area contributed by atoms with Crippen LogP contribution < -0.4 is 15.4 Å². The molecule has 8 nitrogen and oxygen atoms in total. The van der Waals surface area contributed by atoms with E-state index in [0.717, 1.165) is 53.5 Å². The van der Waals surface area contributed by atoms with E-state index in [1.165, 1.54) is 12.8 Å². The number of nitrogens with one attached hydrogen (secondary N) is 2. The average Bonchev–Trinajstić information content (AvgIpc) is 3.29. The summed E-state index contributed by atoms with van der Waals surface area (Å²) in [6.07, 6.45) is 6.30. The third kappa shape index (κ3) is 4.38. The molecule has 38 heavy (non-hydrogen) atoms. The molecule has 1 aromatic carbocycles. The quantitative estimate of drug-likeness (QED) is 0.451. The summed E-state index contributed by atoms with van der Waals surface area (Å²) >= 11 is 0. The van der Waals surface area contributed by atoms with Crippen LogP contribution in [-0.4, -0.2) is 38.8 Å². The predicted molar refractivity (Wildman–Crippen MR) is 146 cm³/mol. The van der Waals surface area contributed by atoms with Gasteiger partial charge < -0.3 is 19.9 Å². The van der Waals surface area contributed by atoms with Gasteiger partial charge in [-0.2, -0.15) is 0 Å². The van der Waals surface area contributed by atoms with E-state index in [-0.39, 0.29) is 16.7 Å². The van der Waals surface area contributed by atoms with E-state index in [1.807, 2.05) is 29.8 Å². The summed E-state index contributed by atoms with van der Waals surface area (Å²) in [5.41, 5.74) is 4.16. The Labute approximate surface area is 224 Å². The highest BCUT2D eigenvalue weighted by atomic mass is 16.5. The van der Waals surface area contributed by atoms with Gasteiger partial charge in [-0.3, -0.25) is 4.79 Å². The standard InChI is InChI=1S/C30H38N6O2/c1-19-13-30(14-19,27-35-32-18-36(27)5)21-7-6-8-22(12-21)33-26(37)23-11-20(15-31-16-29(4)9-10-29)24-25(34-23)28(2,3)17-38-24/h6-8,11-12,18-19,31H,9-10,13-17H2,1-5H3,(H,33,37). The lowest BCUT2D eigenvalue weighted by atomic mass is 9.58. The molecule has 3 aliphatic rings. The predicted octanol–water partition coefficient (Wildman–Crippen LogP) is 4.74. The maximum absolute atomic E-state index is 13.5. The van der Waals surface area contributed by atoms with Gasteiger partial charge in [0.2, 0.25) is 0 Å². The number of rotatable bonds is 8. The van der Waals surface area contributed by atoms with Crippen LogP contribution in [0.5, 0.6) is 5.75 Å². The van der Waals surface area contributed by atoms with Gasteiger partial charge in [-0.05, 0) is 60.8 Å². The maximum atomic E-state index is 13.5. The van der Waals surface area contributed by atoms with Crippen LogP contribution in [0.25, 0.3) is 0 Å². The van der Waals surface area contributed by atoms with E-state index in [1.54, 1.807) is 6.33 Å². The Bertz CT molecular complexity index is 1380. The molecule has 3 aromatic rings. The van der Waals surface area contributed by atoms with E-state index in [9.17, 15) is 4.79 Å². The van der Waals surface area contributed by atoms with Crippen molar-refractivity contribution >= 4 is 11.6 Å². The van der Waals surface area contributed by atoms with E-state index >= 15 is 0 Å². The molecule has 0 spiro atoms. The van der Waals surface area contributed by atoms with Crippen LogP contribution in [0, 0.1) is 11.3 Å². The van der Waals surface area contributed by atoms with Crippen molar-refractivity contribution in [1.82, 2.24) is 25.1 Å². The van der Waals surface area contributed by atoms with E-state index < -0.39 is 0 Å². The normalized spacial score (nSPS) is 24.3. The molecule has 2 saturated carbocycles. The monoisotopic (exact) mass is 514 g/mol. The minimum absolute atomic E-state index is 0.185. The van der Waals surface area contributed by atoms with Crippen LogP contribution in [0.1, 0.15) is 86.5 Å². The number of carbonyl (C=O) groups excluding carboxylic acids is 1. The third-order valence-electron chi connectivity index (χ3n) is 8.68. The van der Waals surface area contributed by atoms with Gasteiger partial charge in [-0.15, -0.1) is 10.2 Å². The highest BCUT2D eigenvalue weighted by Gasteiger charge is 2.48. The summed E-state index contributed by atoms with van der Waals surface area (Å²) in [6, 6.07) is 10.0. The Kier molecular flexibility index (Phi) is 5.87. The smallest absolute Gasteiger partial charge is 0.274 e. The molecule has 0 radical (unpaired) electrons. The molecule has 2 aliphatic carbocycles.